The highest BCUT2D eigenvalue weighted by Crippen LogP contribution is 2.24. The molecule has 0 saturated heterocycles. The molecule has 0 radical (unpaired) electrons. The summed E-state index contributed by atoms with van der Waals surface area (Å²) in [5.74, 6) is -2.93. The molecule has 1 aromatic carbocycles. The molecule has 1 aliphatic rings. The summed E-state index contributed by atoms with van der Waals surface area (Å²) in [6.45, 7) is -0.409. The second-order valence-electron chi connectivity index (χ2n) is 5.44. The molecule has 1 aromatic rings. The van der Waals surface area contributed by atoms with Gasteiger partial charge in [0.15, 0.2) is 11.6 Å². The lowest BCUT2D eigenvalue weighted by Gasteiger charge is -2.27. The summed E-state index contributed by atoms with van der Waals surface area (Å²) in [6, 6.07) is 9.16. The van der Waals surface area contributed by atoms with Gasteiger partial charge >= 0.3 is 5.97 Å². The van der Waals surface area contributed by atoms with Crippen molar-refractivity contribution in [2.24, 2.45) is 5.92 Å². The zero-order valence-electron chi connectivity index (χ0n) is 13.3. The Morgan fingerprint density at radius 1 is 1.21 bits per heavy atom. The van der Waals surface area contributed by atoms with Gasteiger partial charge in [-0.15, -0.1) is 0 Å². The van der Waals surface area contributed by atoms with Crippen molar-refractivity contribution in [3.63, 3.8) is 0 Å². The highest BCUT2D eigenvalue weighted by Gasteiger charge is 2.40. The van der Waals surface area contributed by atoms with Crippen LogP contribution in [0.5, 0.6) is 0 Å². The summed E-state index contributed by atoms with van der Waals surface area (Å²) in [5.41, 5.74) is 0.817. The van der Waals surface area contributed by atoms with Crippen LogP contribution in [0, 0.1) is 5.92 Å². The predicted molar refractivity (Wildman–Crippen MR) is 85.0 cm³/mol. The Balaban J connectivity index is 2.11. The van der Waals surface area contributed by atoms with Gasteiger partial charge in [-0.25, -0.2) is 4.79 Å². The van der Waals surface area contributed by atoms with Gasteiger partial charge in [0.1, 0.15) is 18.3 Å². The van der Waals surface area contributed by atoms with E-state index >= 15 is 0 Å². The third-order valence-electron chi connectivity index (χ3n) is 3.71. The molecule has 0 aromatic heterocycles. The van der Waals surface area contributed by atoms with Crippen LogP contribution in [-0.2, 0) is 28.7 Å². The molecule has 2 unspecified atom stereocenters. The minimum Gasteiger partial charge on any atom is -0.467 e. The molecule has 1 aliphatic carbocycles. The fraction of sp³-hybridized carbons (Fsp3) is 0.333. The molecule has 126 valence electrons. The quantitative estimate of drug-likeness (QED) is 0.445. The molecule has 0 spiro atoms. The Hall–Kier alpha value is -2.60. The molecule has 2 atom stereocenters. The Morgan fingerprint density at radius 2 is 1.92 bits per heavy atom. The third-order valence-corrected chi connectivity index (χ3v) is 3.71. The first-order valence-corrected chi connectivity index (χ1v) is 7.51. The summed E-state index contributed by atoms with van der Waals surface area (Å²) in [6.07, 6.45) is 1.61. The van der Waals surface area contributed by atoms with Gasteiger partial charge in [0, 0.05) is 6.42 Å². The zero-order valence-corrected chi connectivity index (χ0v) is 13.3. The van der Waals surface area contributed by atoms with Crippen LogP contribution in [0.3, 0.4) is 0 Å². The minimum atomic E-state index is -1.08. The highest BCUT2D eigenvalue weighted by atomic mass is 16.6. The Labute approximate surface area is 139 Å². The summed E-state index contributed by atoms with van der Waals surface area (Å²) >= 11 is 0. The van der Waals surface area contributed by atoms with Crippen molar-refractivity contribution in [2.45, 2.75) is 18.9 Å². The first-order chi connectivity index (χ1) is 11.5. The molecule has 1 fully saturated rings. The van der Waals surface area contributed by atoms with Crippen molar-refractivity contribution >= 4 is 29.4 Å². The van der Waals surface area contributed by atoms with Crippen molar-refractivity contribution < 1.29 is 28.7 Å². The Bertz CT molecular complexity index is 661. The largest absolute Gasteiger partial charge is 0.467 e. The van der Waals surface area contributed by atoms with Gasteiger partial charge in [-0.1, -0.05) is 36.4 Å². The van der Waals surface area contributed by atoms with Gasteiger partial charge in [-0.3, -0.25) is 14.4 Å². The van der Waals surface area contributed by atoms with Crippen molar-refractivity contribution in [1.82, 2.24) is 0 Å². The van der Waals surface area contributed by atoms with Crippen LogP contribution in [0.4, 0.5) is 0 Å². The van der Waals surface area contributed by atoms with E-state index in [0.717, 1.165) is 5.56 Å². The number of carbonyl (C=O) groups excluding carboxylic acids is 4. The molecule has 0 N–H and O–H groups in total. The standard InChI is InChI=1S/C18H18O6/c1-23-17(22)11-24-16-10-13(19)9-15(21)18(16)14(20)8-7-12-5-3-2-4-6-12/h2-8,16,18H,9-11H2,1H3. The van der Waals surface area contributed by atoms with E-state index in [0.29, 0.717) is 0 Å². The number of esters is 1. The van der Waals surface area contributed by atoms with Crippen molar-refractivity contribution in [1.29, 1.82) is 0 Å². The number of allylic oxidation sites excluding steroid dienone is 1. The second-order valence-corrected chi connectivity index (χ2v) is 5.44. The molecular formula is C18H18O6. The Morgan fingerprint density at radius 3 is 2.58 bits per heavy atom. The van der Waals surface area contributed by atoms with Crippen molar-refractivity contribution in [3.8, 4) is 0 Å². The lowest BCUT2D eigenvalue weighted by atomic mass is 9.81. The number of ketones is 3. The number of methoxy groups -OCH3 is 1. The van der Waals surface area contributed by atoms with Crippen molar-refractivity contribution in [3.05, 3.63) is 42.0 Å². The fourth-order valence-corrected chi connectivity index (χ4v) is 2.50. The van der Waals surface area contributed by atoms with E-state index in [9.17, 15) is 19.2 Å². The zero-order chi connectivity index (χ0) is 17.5. The highest BCUT2D eigenvalue weighted by molar-refractivity contribution is 6.16. The summed E-state index contributed by atoms with van der Waals surface area (Å²) in [7, 11) is 1.20. The smallest absolute Gasteiger partial charge is 0.331 e. The van der Waals surface area contributed by atoms with Crippen LogP contribution in [0.25, 0.3) is 6.08 Å². The Kier molecular flexibility index (Phi) is 6.14. The maximum atomic E-state index is 12.4. The normalized spacial score (nSPS) is 21.0. The van der Waals surface area contributed by atoms with E-state index in [1.165, 1.54) is 13.2 Å². The SMILES string of the molecule is COC(=O)COC1CC(=O)CC(=O)C1C(=O)C=Cc1ccccc1. The second kappa shape index (κ2) is 8.31. The molecular weight excluding hydrogens is 312 g/mol. The van der Waals surface area contributed by atoms with Gasteiger partial charge in [-0.2, -0.15) is 0 Å². The summed E-state index contributed by atoms with van der Waals surface area (Å²) in [5, 5.41) is 0. The molecule has 0 aliphatic heterocycles. The van der Waals surface area contributed by atoms with Gasteiger partial charge in [0.05, 0.1) is 19.6 Å². The lowest BCUT2D eigenvalue weighted by molar-refractivity contribution is -0.157. The summed E-state index contributed by atoms with van der Waals surface area (Å²) in [4.78, 5) is 47.3. The van der Waals surface area contributed by atoms with E-state index in [1.54, 1.807) is 6.08 Å². The first-order valence-electron chi connectivity index (χ1n) is 7.51. The van der Waals surface area contributed by atoms with Crippen LogP contribution >= 0.6 is 0 Å². The first kappa shape index (κ1) is 17.7. The van der Waals surface area contributed by atoms with Gasteiger partial charge in [0.25, 0.3) is 0 Å². The van der Waals surface area contributed by atoms with Gasteiger partial charge in [0.2, 0.25) is 0 Å². The molecule has 0 amide bonds. The third kappa shape index (κ3) is 4.70. The number of hydrogen-bond donors (Lipinski definition) is 0. The van der Waals surface area contributed by atoms with Crippen LogP contribution < -0.4 is 0 Å². The number of carbonyl (C=O) groups is 4. The topological polar surface area (TPSA) is 86.7 Å². The summed E-state index contributed by atoms with van der Waals surface area (Å²) < 4.78 is 9.75. The van der Waals surface area contributed by atoms with Crippen molar-refractivity contribution in [2.75, 3.05) is 13.7 Å². The number of ether oxygens (including phenoxy) is 2. The maximum Gasteiger partial charge on any atom is 0.331 e. The molecule has 24 heavy (non-hydrogen) atoms. The van der Waals surface area contributed by atoms with Crippen LogP contribution in [0.2, 0.25) is 0 Å². The minimum absolute atomic E-state index is 0.0711. The van der Waals surface area contributed by atoms with E-state index in [1.807, 2.05) is 30.3 Å². The van der Waals surface area contributed by atoms with Gasteiger partial charge in [-0.05, 0) is 11.6 Å². The molecule has 6 nitrogen and oxygen atoms in total. The number of benzene rings is 1. The monoisotopic (exact) mass is 330 g/mol. The van der Waals surface area contributed by atoms with E-state index in [-0.39, 0.29) is 18.6 Å². The maximum absolute atomic E-state index is 12.4. The molecule has 2 rings (SSSR count). The molecule has 1 saturated carbocycles. The lowest BCUT2D eigenvalue weighted by Crippen LogP contribution is -2.43. The van der Waals surface area contributed by atoms with Crippen LogP contribution in [0.15, 0.2) is 36.4 Å². The van der Waals surface area contributed by atoms with E-state index in [2.05, 4.69) is 4.74 Å². The average Bonchev–Trinajstić information content (AvgIpc) is 2.58. The average molecular weight is 330 g/mol. The van der Waals surface area contributed by atoms with Crippen LogP contribution in [-0.4, -0.2) is 43.1 Å². The number of rotatable bonds is 6. The molecule has 0 heterocycles. The fourth-order valence-electron chi connectivity index (χ4n) is 2.50. The van der Waals surface area contributed by atoms with E-state index in [4.69, 9.17) is 4.74 Å². The van der Waals surface area contributed by atoms with Gasteiger partial charge < -0.3 is 9.47 Å². The number of Topliss-reactive ketones (excluding diaryl/α,β-unsaturated/α-hetero) is 2. The molecule has 0 bridgehead atoms. The predicted octanol–water partition coefficient (Wildman–Crippen LogP) is 1.38. The van der Waals surface area contributed by atoms with Crippen LogP contribution in [0.1, 0.15) is 18.4 Å². The number of hydrogen-bond acceptors (Lipinski definition) is 6. The van der Waals surface area contributed by atoms with E-state index < -0.39 is 36.2 Å². The molecule has 6 heteroatoms.